The number of carboxylic acids is 1. The van der Waals surface area contributed by atoms with Crippen LogP contribution < -0.4 is 5.32 Å². The number of hydrogen-bond acceptors (Lipinski definition) is 4. The minimum Gasteiger partial charge on any atom is -0.508 e. The number of carbonyl (C=O) groups excluding carboxylic acids is 1. The first-order valence-corrected chi connectivity index (χ1v) is 6.88. The zero-order valence-electron chi connectivity index (χ0n) is 11.7. The Morgan fingerprint density at radius 3 is 2.38 bits per heavy atom. The number of nitrogens with one attached hydrogen (secondary N) is 1. The largest absolute Gasteiger partial charge is 0.508 e. The molecular formula is C15H19NO5. The Labute approximate surface area is 122 Å². The van der Waals surface area contributed by atoms with Gasteiger partial charge in [-0.25, -0.2) is 0 Å². The van der Waals surface area contributed by atoms with E-state index in [1.807, 2.05) is 0 Å². The average Bonchev–Trinajstić information content (AvgIpc) is 2.48. The van der Waals surface area contributed by atoms with Gasteiger partial charge >= 0.3 is 5.97 Å². The second-order valence-electron chi connectivity index (χ2n) is 5.32. The maximum Gasteiger partial charge on any atom is 0.311 e. The second-order valence-corrected chi connectivity index (χ2v) is 5.32. The molecule has 1 amide bonds. The Hall–Kier alpha value is -2.08. The molecule has 0 unspecified atom stereocenters. The summed E-state index contributed by atoms with van der Waals surface area (Å²) in [5.41, 5.74) is -0.162. The molecule has 1 aromatic rings. The molecule has 21 heavy (non-hydrogen) atoms. The molecule has 6 nitrogen and oxygen atoms in total. The Morgan fingerprint density at radius 1 is 1.19 bits per heavy atom. The fraction of sp³-hybridized carbons (Fsp3) is 0.467. The number of benzene rings is 1. The molecule has 0 saturated carbocycles. The van der Waals surface area contributed by atoms with E-state index in [1.54, 1.807) is 12.1 Å². The first-order chi connectivity index (χ1) is 10.0. The maximum absolute atomic E-state index is 11.9. The lowest BCUT2D eigenvalue weighted by Gasteiger charge is -2.33. The van der Waals surface area contributed by atoms with Crippen molar-refractivity contribution in [3.05, 3.63) is 29.8 Å². The Kier molecular flexibility index (Phi) is 4.80. The van der Waals surface area contributed by atoms with E-state index in [-0.39, 0.29) is 24.6 Å². The van der Waals surface area contributed by atoms with E-state index in [4.69, 9.17) is 4.74 Å². The molecule has 2 rings (SSSR count). The molecule has 0 radical (unpaired) electrons. The third kappa shape index (κ3) is 3.95. The highest BCUT2D eigenvalue weighted by molar-refractivity contribution is 5.80. The van der Waals surface area contributed by atoms with E-state index in [0.717, 1.165) is 5.56 Å². The lowest BCUT2D eigenvalue weighted by Crippen LogP contribution is -2.46. The van der Waals surface area contributed by atoms with Crippen LogP contribution >= 0.6 is 0 Å². The van der Waals surface area contributed by atoms with E-state index in [9.17, 15) is 19.8 Å². The first-order valence-electron chi connectivity index (χ1n) is 6.88. The summed E-state index contributed by atoms with van der Waals surface area (Å²) >= 11 is 0. The monoisotopic (exact) mass is 293 g/mol. The number of rotatable bonds is 5. The van der Waals surface area contributed by atoms with E-state index < -0.39 is 11.4 Å². The van der Waals surface area contributed by atoms with E-state index in [1.165, 1.54) is 12.1 Å². The van der Waals surface area contributed by atoms with Crippen LogP contribution in [-0.2, 0) is 20.7 Å². The molecule has 114 valence electrons. The predicted octanol–water partition coefficient (Wildman–Crippen LogP) is 0.932. The van der Waals surface area contributed by atoms with Crippen LogP contribution in [0.1, 0.15) is 18.4 Å². The van der Waals surface area contributed by atoms with Gasteiger partial charge < -0.3 is 20.3 Å². The maximum atomic E-state index is 11.9. The summed E-state index contributed by atoms with van der Waals surface area (Å²) in [7, 11) is 0. The first kappa shape index (κ1) is 15.3. The number of phenols is 1. The van der Waals surface area contributed by atoms with Crippen molar-refractivity contribution >= 4 is 11.9 Å². The highest BCUT2D eigenvalue weighted by atomic mass is 16.5. The number of amides is 1. The number of carboxylic acid groups (broad SMARTS) is 1. The van der Waals surface area contributed by atoms with Crippen LogP contribution in [0.4, 0.5) is 0 Å². The fourth-order valence-electron chi connectivity index (χ4n) is 2.36. The molecule has 6 heteroatoms. The van der Waals surface area contributed by atoms with E-state index in [0.29, 0.717) is 26.1 Å². The van der Waals surface area contributed by atoms with Gasteiger partial charge in [-0.15, -0.1) is 0 Å². The summed E-state index contributed by atoms with van der Waals surface area (Å²) in [5.74, 6) is -0.977. The highest BCUT2D eigenvalue weighted by Crippen LogP contribution is 2.30. The molecule has 1 heterocycles. The molecule has 0 bridgehead atoms. The number of ether oxygens (including phenoxy) is 1. The summed E-state index contributed by atoms with van der Waals surface area (Å²) in [4.78, 5) is 23.4. The van der Waals surface area contributed by atoms with Gasteiger partial charge in [0.1, 0.15) is 5.75 Å². The third-order valence-electron chi connectivity index (χ3n) is 3.83. The van der Waals surface area contributed by atoms with Crippen LogP contribution in [0.3, 0.4) is 0 Å². The zero-order valence-corrected chi connectivity index (χ0v) is 11.7. The van der Waals surface area contributed by atoms with Crippen LogP contribution in [0, 0.1) is 5.41 Å². The Balaban J connectivity index is 1.90. The van der Waals surface area contributed by atoms with Crippen molar-refractivity contribution in [1.29, 1.82) is 0 Å². The fourth-order valence-corrected chi connectivity index (χ4v) is 2.36. The van der Waals surface area contributed by atoms with Gasteiger partial charge in [0, 0.05) is 19.8 Å². The van der Waals surface area contributed by atoms with Crippen molar-refractivity contribution in [1.82, 2.24) is 5.32 Å². The van der Waals surface area contributed by atoms with Crippen molar-refractivity contribution in [2.45, 2.75) is 19.3 Å². The number of aromatic hydroxyl groups is 1. The summed E-state index contributed by atoms with van der Waals surface area (Å²) in [6, 6.07) is 6.35. The van der Waals surface area contributed by atoms with Crippen LogP contribution in [0.5, 0.6) is 5.75 Å². The summed E-state index contributed by atoms with van der Waals surface area (Å²) < 4.78 is 5.19. The molecule has 0 spiro atoms. The molecule has 1 aliphatic rings. The van der Waals surface area contributed by atoms with Crippen molar-refractivity contribution in [2.24, 2.45) is 5.41 Å². The van der Waals surface area contributed by atoms with Gasteiger partial charge in [0.05, 0.1) is 11.8 Å². The molecule has 1 aliphatic heterocycles. The zero-order chi connectivity index (χ0) is 15.3. The molecule has 1 aromatic carbocycles. The number of carbonyl (C=O) groups is 2. The van der Waals surface area contributed by atoms with Crippen LogP contribution in [0.15, 0.2) is 24.3 Å². The Bertz CT molecular complexity index is 505. The molecule has 0 aliphatic carbocycles. The van der Waals surface area contributed by atoms with Crippen molar-refractivity contribution in [3.63, 3.8) is 0 Å². The van der Waals surface area contributed by atoms with E-state index in [2.05, 4.69) is 5.32 Å². The van der Waals surface area contributed by atoms with Crippen LogP contribution in [0.2, 0.25) is 0 Å². The molecule has 1 fully saturated rings. The lowest BCUT2D eigenvalue weighted by atomic mass is 9.80. The topological polar surface area (TPSA) is 95.9 Å². The Morgan fingerprint density at radius 2 is 1.81 bits per heavy atom. The molecular weight excluding hydrogens is 274 g/mol. The summed E-state index contributed by atoms with van der Waals surface area (Å²) in [6.07, 6.45) is 0.968. The minimum atomic E-state index is -0.928. The normalized spacial score (nSPS) is 17.1. The van der Waals surface area contributed by atoms with Crippen LogP contribution in [0.25, 0.3) is 0 Å². The lowest BCUT2D eigenvalue weighted by molar-refractivity contribution is -0.154. The smallest absolute Gasteiger partial charge is 0.311 e. The molecule has 0 atom stereocenters. The summed E-state index contributed by atoms with van der Waals surface area (Å²) in [5, 5.41) is 21.3. The van der Waals surface area contributed by atoms with Crippen LogP contribution in [-0.4, -0.2) is 41.8 Å². The minimum absolute atomic E-state index is 0.114. The molecule has 3 N–H and O–H groups in total. The van der Waals surface area contributed by atoms with E-state index >= 15 is 0 Å². The standard InChI is InChI=1S/C15H19NO5/c17-12-3-1-11(2-4-12)9-13(18)16-10-15(14(19)20)5-7-21-8-6-15/h1-4,17H,5-10H2,(H,16,18)(H,19,20). The quantitative estimate of drug-likeness (QED) is 0.750. The van der Waals surface area contributed by atoms with Gasteiger partial charge in [0.25, 0.3) is 0 Å². The van der Waals surface area contributed by atoms with Gasteiger partial charge in [-0.1, -0.05) is 12.1 Å². The van der Waals surface area contributed by atoms with Gasteiger partial charge in [-0.3, -0.25) is 9.59 Å². The van der Waals surface area contributed by atoms with Gasteiger partial charge in [0.2, 0.25) is 5.91 Å². The SMILES string of the molecule is O=C(Cc1ccc(O)cc1)NCC1(C(=O)O)CCOCC1. The second kappa shape index (κ2) is 6.58. The number of phenolic OH excluding ortho intramolecular Hbond substituents is 1. The third-order valence-corrected chi connectivity index (χ3v) is 3.83. The van der Waals surface area contributed by atoms with Crippen molar-refractivity contribution in [2.75, 3.05) is 19.8 Å². The number of hydrogen-bond donors (Lipinski definition) is 3. The van der Waals surface area contributed by atoms with Crippen molar-refractivity contribution < 1.29 is 24.5 Å². The average molecular weight is 293 g/mol. The van der Waals surface area contributed by atoms with Gasteiger partial charge in [-0.05, 0) is 30.5 Å². The molecule has 1 saturated heterocycles. The summed E-state index contributed by atoms with van der Waals surface area (Å²) in [6.45, 7) is 0.920. The van der Waals surface area contributed by atoms with Gasteiger partial charge in [0.15, 0.2) is 0 Å². The van der Waals surface area contributed by atoms with Gasteiger partial charge in [-0.2, -0.15) is 0 Å². The highest BCUT2D eigenvalue weighted by Gasteiger charge is 2.40. The van der Waals surface area contributed by atoms with Crippen molar-refractivity contribution in [3.8, 4) is 5.75 Å². The molecule has 0 aromatic heterocycles. The predicted molar refractivity (Wildman–Crippen MR) is 74.9 cm³/mol. The number of aliphatic carboxylic acids is 1.